The number of fused-ring (bicyclic) bond motifs is 7. The summed E-state index contributed by atoms with van der Waals surface area (Å²) in [6.45, 7) is 4.94. The van der Waals surface area contributed by atoms with E-state index in [-0.39, 0.29) is 11.8 Å². The van der Waals surface area contributed by atoms with Crippen molar-refractivity contribution in [1.29, 1.82) is 0 Å². The van der Waals surface area contributed by atoms with E-state index >= 15 is 0 Å². The molecule has 1 unspecified atom stereocenters. The lowest BCUT2D eigenvalue weighted by Gasteiger charge is -2.34. The van der Waals surface area contributed by atoms with Gasteiger partial charge >= 0.3 is 6.01 Å². The Morgan fingerprint density at radius 2 is 1.18 bits per heavy atom. The van der Waals surface area contributed by atoms with Gasteiger partial charge in [-0.05, 0) is 85.5 Å². The highest BCUT2D eigenvalue weighted by molar-refractivity contribution is 6.15. The molecule has 7 aromatic carbocycles. The number of aromatic nitrogens is 3. The monoisotopic (exact) mass is 717 g/mol. The van der Waals surface area contributed by atoms with Gasteiger partial charge in [-0.3, -0.25) is 0 Å². The Kier molecular flexibility index (Phi) is 9.07. The maximum Gasteiger partial charge on any atom is 0.320 e. The Labute approximate surface area is 322 Å². The molecule has 1 heterocycles. The van der Waals surface area contributed by atoms with Crippen LogP contribution < -0.4 is 4.74 Å². The molecule has 9 rings (SSSR count). The molecule has 8 aromatic rings. The summed E-state index contributed by atoms with van der Waals surface area (Å²) in [5.74, 6) is 1.36. The second kappa shape index (κ2) is 14.5. The molecule has 1 aliphatic carbocycles. The van der Waals surface area contributed by atoms with Gasteiger partial charge in [-0.15, -0.1) is 0 Å². The number of unbranched alkanes of at least 4 members (excludes halogenated alkanes) is 1. The van der Waals surface area contributed by atoms with Crippen LogP contribution in [0.3, 0.4) is 0 Å². The summed E-state index contributed by atoms with van der Waals surface area (Å²) < 4.78 is 6.46. The van der Waals surface area contributed by atoms with Crippen LogP contribution in [0.25, 0.3) is 55.4 Å². The maximum absolute atomic E-state index is 11.0. The number of hydrogen-bond donors (Lipinski definition) is 1. The van der Waals surface area contributed by atoms with Crippen molar-refractivity contribution in [2.75, 3.05) is 6.61 Å². The maximum atomic E-state index is 11.0. The molecule has 1 atom stereocenters. The summed E-state index contributed by atoms with van der Waals surface area (Å²) in [7, 11) is 0. The van der Waals surface area contributed by atoms with Crippen LogP contribution in [0.1, 0.15) is 61.8 Å². The second-order valence-corrected chi connectivity index (χ2v) is 14.6. The fraction of sp³-hybridized carbons (Fsp3) is 0.180. The summed E-state index contributed by atoms with van der Waals surface area (Å²) in [5.41, 5.74) is 8.01. The minimum Gasteiger partial charge on any atom is -0.507 e. The molecule has 5 nitrogen and oxygen atoms in total. The fourth-order valence-electron chi connectivity index (χ4n) is 8.70. The number of rotatable bonds is 11. The van der Waals surface area contributed by atoms with Gasteiger partial charge in [0.15, 0.2) is 11.6 Å². The fourth-order valence-corrected chi connectivity index (χ4v) is 8.70. The largest absolute Gasteiger partial charge is 0.507 e. The summed E-state index contributed by atoms with van der Waals surface area (Å²) in [5, 5.41) is 15.6. The average Bonchev–Trinajstić information content (AvgIpc) is 3.56. The highest BCUT2D eigenvalue weighted by Gasteiger charge is 2.47. The Morgan fingerprint density at radius 3 is 1.87 bits per heavy atom. The van der Waals surface area contributed by atoms with Gasteiger partial charge in [0.2, 0.25) is 0 Å². The zero-order chi connectivity index (χ0) is 37.4. The van der Waals surface area contributed by atoms with Gasteiger partial charge in [0.05, 0.1) is 17.6 Å². The van der Waals surface area contributed by atoms with Crippen LogP contribution in [-0.4, -0.2) is 26.7 Å². The van der Waals surface area contributed by atoms with E-state index in [4.69, 9.17) is 19.7 Å². The third kappa shape index (κ3) is 5.82. The number of para-hydroxylation sites is 1. The molecule has 0 bridgehead atoms. The van der Waals surface area contributed by atoms with Gasteiger partial charge in [-0.1, -0.05) is 167 Å². The predicted octanol–water partition coefficient (Wildman–Crippen LogP) is 12.2. The van der Waals surface area contributed by atoms with Crippen molar-refractivity contribution in [3.63, 3.8) is 0 Å². The van der Waals surface area contributed by atoms with Crippen LogP contribution in [0.2, 0.25) is 0 Å². The third-order valence-electron chi connectivity index (χ3n) is 11.4. The normalized spacial score (nSPS) is 13.4. The van der Waals surface area contributed by atoms with Crippen LogP contribution in [0.15, 0.2) is 152 Å². The summed E-state index contributed by atoms with van der Waals surface area (Å²) in [4.78, 5) is 15.0. The number of aromatic hydroxyl groups is 1. The molecular weight excluding hydrogens is 675 g/mol. The first kappa shape index (κ1) is 34.4. The van der Waals surface area contributed by atoms with Gasteiger partial charge in [0.25, 0.3) is 0 Å². The molecule has 55 heavy (non-hydrogen) atoms. The summed E-state index contributed by atoms with van der Waals surface area (Å²) in [6, 6.07) is 53.4. The van der Waals surface area contributed by atoms with E-state index in [2.05, 4.69) is 141 Å². The molecule has 0 aliphatic heterocycles. The summed E-state index contributed by atoms with van der Waals surface area (Å²) >= 11 is 0. The molecule has 0 amide bonds. The van der Waals surface area contributed by atoms with Crippen LogP contribution >= 0.6 is 0 Å². The lowest BCUT2D eigenvalue weighted by Crippen LogP contribution is -2.28. The number of nitrogens with zero attached hydrogens (tertiary/aromatic N) is 3. The molecule has 1 N–H and O–H groups in total. The molecular formula is C50H43N3O2. The number of phenolic OH excluding ortho intramolecular Hbond substituents is 1. The lowest BCUT2D eigenvalue weighted by atomic mass is 9.67. The van der Waals surface area contributed by atoms with Gasteiger partial charge in [-0.25, -0.2) is 4.98 Å². The quantitative estimate of drug-likeness (QED) is 0.144. The Hall–Kier alpha value is -6.33. The van der Waals surface area contributed by atoms with E-state index in [9.17, 15) is 5.11 Å². The summed E-state index contributed by atoms with van der Waals surface area (Å²) in [6.07, 6.45) is 4.39. The highest BCUT2D eigenvalue weighted by Crippen LogP contribution is 2.60. The molecule has 0 saturated carbocycles. The lowest BCUT2D eigenvalue weighted by molar-refractivity contribution is 0.217. The molecule has 0 spiro atoms. The minimum atomic E-state index is -0.642. The van der Waals surface area contributed by atoms with E-state index in [0.29, 0.717) is 29.7 Å². The number of ether oxygens (including phenoxy) is 1. The first-order valence-electron chi connectivity index (χ1n) is 19.5. The van der Waals surface area contributed by atoms with Crippen LogP contribution in [0.4, 0.5) is 0 Å². The Morgan fingerprint density at radius 1 is 0.582 bits per heavy atom. The molecule has 1 aliphatic rings. The van der Waals surface area contributed by atoms with Crippen molar-refractivity contribution in [3.8, 4) is 45.7 Å². The van der Waals surface area contributed by atoms with E-state index in [0.717, 1.165) is 42.0 Å². The minimum absolute atomic E-state index is 0.105. The Bertz CT molecular complexity index is 2620. The molecule has 0 radical (unpaired) electrons. The van der Waals surface area contributed by atoms with E-state index < -0.39 is 5.41 Å². The van der Waals surface area contributed by atoms with Crippen LogP contribution in [0, 0.1) is 5.92 Å². The molecule has 1 aromatic heterocycles. The SMILES string of the molecule is CCCCC(CC)COc1nc(-c2ccccc2O)nc(-c2cc3c(c4ccccc24)-c2c(ccc4ccccc24)C3(c2ccccc2)c2ccccc2)n1. The number of benzene rings is 7. The van der Waals surface area contributed by atoms with Crippen LogP contribution in [0.5, 0.6) is 11.8 Å². The smallest absolute Gasteiger partial charge is 0.320 e. The van der Waals surface area contributed by atoms with Crippen molar-refractivity contribution in [2.24, 2.45) is 5.92 Å². The predicted molar refractivity (Wildman–Crippen MR) is 223 cm³/mol. The highest BCUT2D eigenvalue weighted by atomic mass is 16.5. The van der Waals surface area contributed by atoms with E-state index in [1.54, 1.807) is 12.1 Å². The molecule has 270 valence electrons. The van der Waals surface area contributed by atoms with Crippen molar-refractivity contribution in [3.05, 3.63) is 174 Å². The molecule has 5 heteroatoms. The second-order valence-electron chi connectivity index (χ2n) is 14.6. The number of phenols is 1. The third-order valence-corrected chi connectivity index (χ3v) is 11.4. The zero-order valence-corrected chi connectivity index (χ0v) is 31.2. The van der Waals surface area contributed by atoms with Gasteiger partial charge in [-0.2, -0.15) is 9.97 Å². The first-order chi connectivity index (χ1) is 27.1. The Balaban J connectivity index is 1.36. The molecule has 0 saturated heterocycles. The van der Waals surface area contributed by atoms with E-state index in [1.807, 2.05) is 12.1 Å². The van der Waals surface area contributed by atoms with Crippen LogP contribution in [-0.2, 0) is 5.41 Å². The number of hydrogen-bond acceptors (Lipinski definition) is 5. The first-order valence-corrected chi connectivity index (χ1v) is 19.5. The van der Waals surface area contributed by atoms with Crippen molar-refractivity contribution in [1.82, 2.24) is 15.0 Å². The van der Waals surface area contributed by atoms with Crippen molar-refractivity contribution < 1.29 is 9.84 Å². The van der Waals surface area contributed by atoms with Crippen molar-refractivity contribution >= 4 is 21.5 Å². The average molecular weight is 718 g/mol. The van der Waals surface area contributed by atoms with Gasteiger partial charge < -0.3 is 9.84 Å². The zero-order valence-electron chi connectivity index (χ0n) is 31.2. The van der Waals surface area contributed by atoms with Gasteiger partial charge in [0, 0.05) is 5.56 Å². The standard InChI is InChI=1S/C50H43N3O2/c1-3-5-18-33(4-2)32-55-49-52-47(40-27-16-17-28-44(40)54)51-48(53-49)41-31-43-46(39-26-15-14-25-38(39)41)45-37-24-13-12-19-34(37)29-30-42(45)50(43,35-20-8-6-9-21-35)36-22-10-7-11-23-36/h6-17,19-31,33,54H,3-5,18,32H2,1-2H3. The van der Waals surface area contributed by atoms with Gasteiger partial charge in [0.1, 0.15) is 5.75 Å². The molecule has 0 fully saturated rings. The topological polar surface area (TPSA) is 68.1 Å². The van der Waals surface area contributed by atoms with E-state index in [1.165, 1.54) is 44.2 Å². The van der Waals surface area contributed by atoms with Crippen molar-refractivity contribution in [2.45, 2.75) is 44.9 Å².